The highest BCUT2D eigenvalue weighted by Crippen LogP contribution is 2.28. The molecule has 0 heterocycles. The van der Waals surface area contributed by atoms with Crippen molar-refractivity contribution < 1.29 is 31.4 Å². The van der Waals surface area contributed by atoms with Crippen LogP contribution in [-0.4, -0.2) is 31.4 Å². The van der Waals surface area contributed by atoms with Gasteiger partial charge in [-0.2, -0.15) is 0 Å². The summed E-state index contributed by atoms with van der Waals surface area (Å²) in [6.45, 7) is 0. The molecule has 29 heavy (non-hydrogen) atoms. The summed E-state index contributed by atoms with van der Waals surface area (Å²) >= 11 is 11.2. The predicted octanol–water partition coefficient (Wildman–Crippen LogP) is 3.30. The average molecular weight is 478 g/mol. The molecule has 0 atom stereocenters. The monoisotopic (exact) mass is 477 g/mol. The molecule has 0 aromatic heterocycles. The maximum atomic E-state index is 11.0. The molecule has 3 aromatic carbocycles. The van der Waals surface area contributed by atoms with Gasteiger partial charge in [-0.05, 0) is 24.3 Å². The number of hydrogen-bond acceptors (Lipinski definition) is 7. The zero-order valence-corrected chi connectivity index (χ0v) is 17.3. The third kappa shape index (κ3) is 6.09. The van der Waals surface area contributed by atoms with Crippen molar-refractivity contribution in [1.29, 1.82) is 5.39 Å². The van der Waals surface area contributed by atoms with Gasteiger partial charge < -0.3 is 14.6 Å². The highest BCUT2D eigenvalue weighted by molar-refractivity contribution is 7.86. The van der Waals surface area contributed by atoms with E-state index in [4.69, 9.17) is 28.6 Å². The topological polar surface area (TPSA) is 174 Å². The summed E-state index contributed by atoms with van der Waals surface area (Å²) in [5.41, 5.74) is 0.325. The number of halogens is 2. The van der Waals surface area contributed by atoms with Gasteiger partial charge in [0.25, 0.3) is 0 Å². The first-order valence-electron chi connectivity index (χ1n) is 7.19. The van der Waals surface area contributed by atoms with Crippen molar-refractivity contribution in [2.45, 2.75) is 9.79 Å². The maximum absolute atomic E-state index is 11.0. The molecule has 0 bridgehead atoms. The van der Waals surface area contributed by atoms with E-state index in [1.807, 2.05) is 0 Å². The minimum atomic E-state index is -4.74. The Morgan fingerprint density at radius 2 is 1.24 bits per heavy atom. The summed E-state index contributed by atoms with van der Waals surface area (Å²) in [5.74, 6) is 0. The molecule has 3 aromatic rings. The highest BCUT2D eigenvalue weighted by Gasteiger charge is 2.12. The van der Waals surface area contributed by atoms with Crippen LogP contribution in [0.5, 0.6) is 0 Å². The molecule has 2 N–H and O–H groups in total. The molecule has 154 valence electrons. The van der Waals surface area contributed by atoms with Gasteiger partial charge in [-0.3, -0.25) is 0 Å². The first-order valence-corrected chi connectivity index (χ1v) is 10.8. The standard InChI is InChI=1S/C10H8O6S2.C6H3Cl2N2.H2O/c11-17(12,13)9-5-1-3-7-8(9)4-2-6-10(7)18(14,15)16;7-4-1-2-6(10-9)5(8)3-4;/h1-6H,(H,11,12,13)(H,14,15,16);1-3H;1H2/q;+1;/p-2. The SMILES string of the molecule is N#[N+]c1ccc(Cl)cc1Cl.O.O=S(=O)([O-])c1cccc2c(S(=O)(=O)[O-])cccc12. The molecule has 0 saturated heterocycles. The van der Waals surface area contributed by atoms with Crippen molar-refractivity contribution in [3.05, 3.63) is 69.6 Å². The van der Waals surface area contributed by atoms with E-state index in [0.29, 0.717) is 15.7 Å². The maximum Gasteiger partial charge on any atom is 0.403 e. The van der Waals surface area contributed by atoms with E-state index in [2.05, 4.69) is 4.98 Å². The largest absolute Gasteiger partial charge is 0.744 e. The molecule has 0 spiro atoms. The van der Waals surface area contributed by atoms with Crippen molar-refractivity contribution in [2.75, 3.05) is 0 Å². The van der Waals surface area contributed by atoms with Crippen LogP contribution < -0.4 is 0 Å². The Morgan fingerprint density at radius 1 is 0.793 bits per heavy atom. The van der Waals surface area contributed by atoms with E-state index in [0.717, 1.165) is 12.1 Å². The number of benzene rings is 3. The number of fused-ring (bicyclic) bond motifs is 1. The second-order valence-corrected chi connectivity index (χ2v) is 8.75. The molecule has 0 aliphatic heterocycles. The minimum Gasteiger partial charge on any atom is -0.744 e. The highest BCUT2D eigenvalue weighted by atomic mass is 35.5. The van der Waals surface area contributed by atoms with Crippen molar-refractivity contribution in [3.63, 3.8) is 0 Å². The lowest BCUT2D eigenvalue weighted by Gasteiger charge is -2.14. The molecule has 0 amide bonds. The summed E-state index contributed by atoms with van der Waals surface area (Å²) in [5, 5.41) is 9.02. The van der Waals surface area contributed by atoms with E-state index in [1.165, 1.54) is 36.4 Å². The van der Waals surface area contributed by atoms with Gasteiger partial charge in [0, 0.05) is 21.9 Å². The first-order chi connectivity index (χ1) is 12.9. The molecule has 0 aliphatic rings. The molecule has 0 aliphatic carbocycles. The first kappa shape index (κ1) is 24.7. The van der Waals surface area contributed by atoms with Gasteiger partial charge in [0.15, 0.2) is 4.98 Å². The molecule has 0 unspecified atom stereocenters. The molecule has 3 rings (SSSR count). The Hall–Kier alpha value is -2.30. The fourth-order valence-corrected chi connectivity index (χ4v) is 4.08. The summed E-state index contributed by atoms with van der Waals surface area (Å²) in [6.07, 6.45) is 0. The Labute approximate surface area is 175 Å². The normalized spacial score (nSPS) is 11.0. The van der Waals surface area contributed by atoms with Gasteiger partial charge >= 0.3 is 5.69 Å². The van der Waals surface area contributed by atoms with Gasteiger partial charge in [-0.25, -0.2) is 16.8 Å². The van der Waals surface area contributed by atoms with Crippen molar-refractivity contribution in [2.24, 2.45) is 0 Å². The van der Waals surface area contributed by atoms with E-state index < -0.39 is 30.0 Å². The third-order valence-electron chi connectivity index (χ3n) is 3.40. The fourth-order valence-electron chi connectivity index (χ4n) is 2.25. The minimum absolute atomic E-state index is 0. The Kier molecular flexibility index (Phi) is 8.07. The smallest absolute Gasteiger partial charge is 0.403 e. The van der Waals surface area contributed by atoms with Crippen LogP contribution in [0.4, 0.5) is 5.69 Å². The summed E-state index contributed by atoms with van der Waals surface area (Å²) in [7, 11) is -9.48. The summed E-state index contributed by atoms with van der Waals surface area (Å²) in [6, 6.07) is 11.7. The van der Waals surface area contributed by atoms with Crippen LogP contribution in [0.2, 0.25) is 10.0 Å². The van der Waals surface area contributed by atoms with Gasteiger partial charge in [-0.15, -0.1) is 0 Å². The zero-order valence-electron chi connectivity index (χ0n) is 14.1. The van der Waals surface area contributed by atoms with E-state index in [9.17, 15) is 25.9 Å². The van der Waals surface area contributed by atoms with Crippen LogP contribution in [-0.2, 0) is 20.2 Å². The van der Waals surface area contributed by atoms with Crippen LogP contribution >= 0.6 is 23.2 Å². The molecule has 0 saturated carbocycles. The quantitative estimate of drug-likeness (QED) is 0.401. The molecular weight excluding hydrogens is 467 g/mol. The number of nitrogens with zero attached hydrogens (tertiary/aromatic N) is 2. The van der Waals surface area contributed by atoms with Gasteiger partial charge in [0.05, 0.1) is 9.79 Å². The van der Waals surface area contributed by atoms with Crippen molar-refractivity contribution in [3.8, 4) is 0 Å². The van der Waals surface area contributed by atoms with Gasteiger partial charge in [-0.1, -0.05) is 47.5 Å². The molecular formula is C16H11Cl2N2O7S2-. The summed E-state index contributed by atoms with van der Waals surface area (Å²) < 4.78 is 66.1. The van der Waals surface area contributed by atoms with Gasteiger partial charge in [0.2, 0.25) is 5.39 Å². The lowest BCUT2D eigenvalue weighted by atomic mass is 10.1. The lowest BCUT2D eigenvalue weighted by molar-refractivity contribution is 0.461. The van der Waals surface area contributed by atoms with Crippen molar-refractivity contribution in [1.82, 2.24) is 0 Å². The number of hydrogen-bond donors (Lipinski definition) is 0. The number of rotatable bonds is 2. The fraction of sp³-hybridized carbons (Fsp3) is 0. The van der Waals surface area contributed by atoms with Crippen LogP contribution in [0, 0.1) is 5.39 Å². The molecule has 13 heteroatoms. The molecule has 9 nitrogen and oxygen atoms in total. The Bertz CT molecular complexity index is 1230. The summed E-state index contributed by atoms with van der Waals surface area (Å²) in [4.78, 5) is 1.82. The van der Waals surface area contributed by atoms with Crippen LogP contribution in [0.25, 0.3) is 15.7 Å². The zero-order chi connectivity index (χ0) is 21.1. The number of diazo groups is 1. The molecule has 0 radical (unpaired) electrons. The Balaban J connectivity index is 0.000000327. The van der Waals surface area contributed by atoms with Crippen molar-refractivity contribution >= 4 is 59.9 Å². The Morgan fingerprint density at radius 3 is 1.59 bits per heavy atom. The third-order valence-corrected chi connectivity index (χ3v) is 5.73. The van der Waals surface area contributed by atoms with Crippen LogP contribution in [0.15, 0.2) is 64.4 Å². The van der Waals surface area contributed by atoms with E-state index in [1.54, 1.807) is 6.07 Å². The average Bonchev–Trinajstić information content (AvgIpc) is 2.59. The van der Waals surface area contributed by atoms with E-state index >= 15 is 0 Å². The van der Waals surface area contributed by atoms with Crippen LogP contribution in [0.1, 0.15) is 0 Å². The predicted molar refractivity (Wildman–Crippen MR) is 105 cm³/mol. The molecule has 0 fully saturated rings. The van der Waals surface area contributed by atoms with E-state index in [-0.39, 0.29) is 16.2 Å². The lowest BCUT2D eigenvalue weighted by Crippen LogP contribution is -2.03. The second kappa shape index (κ2) is 9.47. The van der Waals surface area contributed by atoms with Crippen LogP contribution in [0.3, 0.4) is 0 Å². The second-order valence-electron chi connectivity index (χ2n) is 5.21. The van der Waals surface area contributed by atoms with Gasteiger partial charge in [0.1, 0.15) is 25.3 Å².